The number of hydrogen-bond acceptors (Lipinski definition) is 8. The number of likely N-dealkylation sites (tertiary alicyclic amines) is 1. The smallest absolute Gasteiger partial charge is 0.305 e. The van der Waals surface area contributed by atoms with Crippen LogP contribution in [0.1, 0.15) is 36.3 Å². The Balaban J connectivity index is 1.48. The van der Waals surface area contributed by atoms with Crippen LogP contribution in [0.2, 0.25) is 5.02 Å². The number of rotatable bonds is 8. The van der Waals surface area contributed by atoms with Crippen LogP contribution >= 0.6 is 43.5 Å². The maximum Gasteiger partial charge on any atom is 0.305 e. The van der Waals surface area contributed by atoms with E-state index in [0.717, 1.165) is 9.91 Å². The number of carboxylic acids is 1. The molecule has 0 radical (unpaired) electrons. The number of phenols is 1. The Morgan fingerprint density at radius 1 is 1.02 bits per heavy atom. The number of allylic oxidation sites excluding steroid dienone is 2. The van der Waals surface area contributed by atoms with Crippen LogP contribution in [0.5, 0.6) is 11.5 Å². The van der Waals surface area contributed by atoms with Gasteiger partial charge in [-0.3, -0.25) is 34.3 Å². The molecular weight excluding hydrogens is 817 g/mol. The molecular formula is C36H29Br2ClFN3O8. The van der Waals surface area contributed by atoms with Crippen molar-refractivity contribution in [2.75, 3.05) is 19.1 Å². The van der Waals surface area contributed by atoms with Crippen LogP contribution in [0, 0.1) is 29.5 Å². The van der Waals surface area contributed by atoms with Crippen LogP contribution in [0.25, 0.3) is 0 Å². The Morgan fingerprint density at radius 3 is 2.35 bits per heavy atom. The summed E-state index contributed by atoms with van der Waals surface area (Å²) in [6.45, 7) is -0.288. The third-order valence-corrected chi connectivity index (χ3v) is 13.0. The zero-order valence-electron chi connectivity index (χ0n) is 26.7. The van der Waals surface area contributed by atoms with E-state index in [9.17, 15) is 33.8 Å². The standard InChI is InChI=1S/C36H29Br2ClFN3O8/c1-51-25-15-23(29(37)30(38)31(25)46)28-20-10-11-21-27(34(49)42(32(21)47)13-12-26(44)45)22(20)14-24-33(48)43(41-19-8-6-18(40)7-9-19)35(50)36(24,28)16-2-4-17(39)5-3-16/h2-10,15,21-22,24,27-28,41,46H,11-14H2,1H3,(H,44,45). The molecule has 264 valence electrons. The van der Waals surface area contributed by atoms with Crippen molar-refractivity contribution in [1.82, 2.24) is 9.91 Å². The average molecular weight is 846 g/mol. The van der Waals surface area contributed by atoms with E-state index in [0.29, 0.717) is 26.2 Å². The number of hydrogen-bond donors (Lipinski definition) is 3. The van der Waals surface area contributed by atoms with Gasteiger partial charge in [0.1, 0.15) is 5.82 Å². The van der Waals surface area contributed by atoms with Crippen molar-refractivity contribution in [3.05, 3.63) is 97.2 Å². The summed E-state index contributed by atoms with van der Waals surface area (Å²) in [5.41, 5.74) is 3.04. The second-order valence-corrected chi connectivity index (χ2v) is 15.0. The van der Waals surface area contributed by atoms with Crippen molar-refractivity contribution in [2.24, 2.45) is 23.7 Å². The zero-order chi connectivity index (χ0) is 36.5. The summed E-state index contributed by atoms with van der Waals surface area (Å²) in [6.07, 6.45) is 1.57. The summed E-state index contributed by atoms with van der Waals surface area (Å²) in [7, 11) is 1.37. The molecule has 3 fully saturated rings. The van der Waals surface area contributed by atoms with Crippen molar-refractivity contribution < 1.29 is 43.3 Å². The number of carbonyl (C=O) groups excluding carboxylic acids is 4. The SMILES string of the molecule is COc1cc(C2C3=CCC4C(=O)N(CCC(=O)O)C(=O)C4C3CC3C(=O)N(Nc4ccc(F)cc4)C(=O)C32c2ccc(Cl)cc2)c(Br)c(Br)c1O. The molecule has 4 aliphatic rings. The van der Waals surface area contributed by atoms with Crippen LogP contribution in [0.3, 0.4) is 0 Å². The van der Waals surface area contributed by atoms with Crippen LogP contribution in [-0.2, 0) is 29.4 Å². The molecule has 2 aliphatic carbocycles. The molecule has 7 rings (SSSR count). The van der Waals surface area contributed by atoms with Gasteiger partial charge in [-0.1, -0.05) is 35.4 Å². The number of anilines is 1. The summed E-state index contributed by atoms with van der Waals surface area (Å²) < 4.78 is 20.0. The van der Waals surface area contributed by atoms with E-state index in [1.54, 1.807) is 30.3 Å². The van der Waals surface area contributed by atoms with Crippen LogP contribution in [0.15, 0.2) is 75.2 Å². The molecule has 6 atom stereocenters. The van der Waals surface area contributed by atoms with Gasteiger partial charge in [-0.25, -0.2) is 4.39 Å². The topological polar surface area (TPSA) is 154 Å². The second-order valence-electron chi connectivity index (χ2n) is 13.0. The minimum absolute atomic E-state index is 0.00189. The van der Waals surface area contributed by atoms with E-state index in [-0.39, 0.29) is 41.0 Å². The molecule has 2 heterocycles. The van der Waals surface area contributed by atoms with Crippen molar-refractivity contribution in [1.29, 1.82) is 0 Å². The van der Waals surface area contributed by atoms with Crippen molar-refractivity contribution in [2.45, 2.75) is 30.6 Å². The van der Waals surface area contributed by atoms with E-state index >= 15 is 4.79 Å². The number of halogens is 4. The van der Waals surface area contributed by atoms with Gasteiger partial charge in [-0.05, 0) is 104 Å². The lowest BCUT2D eigenvalue weighted by molar-refractivity contribution is -0.143. The van der Waals surface area contributed by atoms with E-state index < -0.39 is 76.8 Å². The number of aliphatic carboxylic acids is 1. The Labute approximate surface area is 312 Å². The Bertz CT molecular complexity index is 2040. The van der Waals surface area contributed by atoms with Gasteiger partial charge in [-0.2, -0.15) is 5.01 Å². The lowest BCUT2D eigenvalue weighted by Gasteiger charge is -2.51. The predicted molar refractivity (Wildman–Crippen MR) is 188 cm³/mol. The molecule has 15 heteroatoms. The molecule has 11 nitrogen and oxygen atoms in total. The highest BCUT2D eigenvalue weighted by Gasteiger charge is 2.70. The number of fused-ring (bicyclic) bond motifs is 4. The number of imide groups is 2. The third kappa shape index (κ3) is 5.36. The van der Waals surface area contributed by atoms with Gasteiger partial charge in [0.25, 0.3) is 11.8 Å². The third-order valence-electron chi connectivity index (χ3n) is 10.6. The number of nitrogens with one attached hydrogen (secondary N) is 1. The van der Waals surface area contributed by atoms with Crippen molar-refractivity contribution >= 4 is 78.7 Å². The number of phenolic OH excluding ortho intramolecular Hbond substituents is 1. The number of amides is 4. The zero-order valence-corrected chi connectivity index (χ0v) is 30.7. The minimum Gasteiger partial charge on any atom is -0.503 e. The molecule has 3 aromatic rings. The molecule has 0 bridgehead atoms. The monoisotopic (exact) mass is 843 g/mol. The van der Waals surface area contributed by atoms with Gasteiger partial charge in [0.05, 0.1) is 46.9 Å². The number of nitrogens with zero attached hydrogens (tertiary/aromatic N) is 2. The van der Waals surface area contributed by atoms with Crippen molar-refractivity contribution in [3.8, 4) is 11.5 Å². The molecule has 1 saturated carbocycles. The van der Waals surface area contributed by atoms with E-state index in [1.165, 1.54) is 31.4 Å². The number of benzene rings is 3. The molecule has 51 heavy (non-hydrogen) atoms. The maximum atomic E-state index is 15.3. The lowest BCUT2D eigenvalue weighted by atomic mass is 9.49. The van der Waals surface area contributed by atoms with Crippen LogP contribution in [-0.4, -0.2) is 63.4 Å². The molecule has 2 aliphatic heterocycles. The number of carboxylic acid groups (broad SMARTS) is 1. The second kappa shape index (κ2) is 13.1. The first-order valence-electron chi connectivity index (χ1n) is 16.0. The summed E-state index contributed by atoms with van der Waals surface area (Å²) in [6, 6.07) is 13.3. The summed E-state index contributed by atoms with van der Waals surface area (Å²) in [5.74, 6) is -8.53. The van der Waals surface area contributed by atoms with Gasteiger partial charge >= 0.3 is 5.97 Å². The number of methoxy groups -OCH3 is 1. The highest BCUT2D eigenvalue weighted by molar-refractivity contribution is 9.13. The predicted octanol–water partition coefficient (Wildman–Crippen LogP) is 6.18. The van der Waals surface area contributed by atoms with Crippen molar-refractivity contribution in [3.63, 3.8) is 0 Å². The lowest BCUT2D eigenvalue weighted by Crippen LogP contribution is -2.53. The molecule has 0 spiro atoms. The molecule has 6 unspecified atom stereocenters. The normalized spacial score (nSPS) is 26.8. The van der Waals surface area contributed by atoms with Gasteiger partial charge in [-0.15, -0.1) is 0 Å². The minimum atomic E-state index is -1.66. The molecule has 2 saturated heterocycles. The molecule has 0 aromatic heterocycles. The first-order valence-corrected chi connectivity index (χ1v) is 18.0. The van der Waals surface area contributed by atoms with Gasteiger partial charge in [0.15, 0.2) is 11.5 Å². The Kier molecular flexibility index (Phi) is 8.99. The quantitative estimate of drug-likeness (QED) is 0.178. The number of carbonyl (C=O) groups is 5. The number of ether oxygens (including phenoxy) is 1. The number of aromatic hydroxyl groups is 1. The number of hydrazine groups is 1. The first kappa shape index (κ1) is 35.1. The Morgan fingerprint density at radius 2 is 1.71 bits per heavy atom. The summed E-state index contributed by atoms with van der Waals surface area (Å²) >= 11 is 13.4. The van der Waals surface area contributed by atoms with Crippen LogP contribution in [0.4, 0.5) is 10.1 Å². The van der Waals surface area contributed by atoms with Gasteiger partial charge in [0, 0.05) is 22.0 Å². The first-order chi connectivity index (χ1) is 24.3. The fraction of sp³-hybridized carbons (Fsp3) is 0.306. The van der Waals surface area contributed by atoms with Gasteiger partial charge in [0.2, 0.25) is 11.8 Å². The molecule has 4 amide bonds. The van der Waals surface area contributed by atoms with Gasteiger partial charge < -0.3 is 14.9 Å². The van der Waals surface area contributed by atoms with E-state index in [2.05, 4.69) is 37.3 Å². The largest absolute Gasteiger partial charge is 0.503 e. The fourth-order valence-electron chi connectivity index (χ4n) is 8.47. The highest BCUT2D eigenvalue weighted by Crippen LogP contribution is 2.65. The van der Waals surface area contributed by atoms with E-state index in [4.69, 9.17) is 16.3 Å². The maximum absolute atomic E-state index is 15.3. The highest BCUT2D eigenvalue weighted by atomic mass is 79.9. The Hall–Kier alpha value is -4.27. The summed E-state index contributed by atoms with van der Waals surface area (Å²) in [5, 5.41) is 21.6. The summed E-state index contributed by atoms with van der Waals surface area (Å²) in [4.78, 5) is 70.1. The van der Waals surface area contributed by atoms with E-state index in [1.807, 2.05) is 6.08 Å². The fourth-order valence-corrected chi connectivity index (χ4v) is 9.55. The average Bonchev–Trinajstić information content (AvgIpc) is 3.48. The molecule has 3 N–H and O–H groups in total. The molecule has 3 aromatic carbocycles. The van der Waals surface area contributed by atoms with Crippen LogP contribution < -0.4 is 10.2 Å².